The summed E-state index contributed by atoms with van der Waals surface area (Å²) in [6, 6.07) is 0.403. The van der Waals surface area contributed by atoms with E-state index in [1.807, 2.05) is 11.9 Å². The van der Waals surface area contributed by atoms with Crippen LogP contribution in [0.25, 0.3) is 0 Å². The predicted molar refractivity (Wildman–Crippen MR) is 77.9 cm³/mol. The van der Waals surface area contributed by atoms with Crippen LogP contribution in [0.3, 0.4) is 0 Å². The van der Waals surface area contributed by atoms with Crippen LogP contribution in [0.2, 0.25) is 0 Å². The van der Waals surface area contributed by atoms with Crippen LogP contribution in [-0.4, -0.2) is 53.5 Å². The molecule has 2 rings (SSSR count). The molecule has 0 bridgehead atoms. The molecule has 0 spiro atoms. The molecule has 110 valence electrons. The number of carbonyl (C=O) groups excluding carboxylic acids is 1. The van der Waals surface area contributed by atoms with E-state index in [4.69, 9.17) is 5.73 Å². The van der Waals surface area contributed by atoms with Gasteiger partial charge in [0, 0.05) is 31.7 Å². The molecule has 1 saturated carbocycles. The lowest BCUT2D eigenvalue weighted by molar-refractivity contribution is -0.151. The Morgan fingerprint density at radius 1 is 1.21 bits per heavy atom. The Labute approximate surface area is 117 Å². The third-order valence-corrected chi connectivity index (χ3v) is 4.76. The molecule has 2 aliphatic rings. The molecule has 4 heteroatoms. The number of hydrogen-bond donors (Lipinski definition) is 1. The van der Waals surface area contributed by atoms with Crippen molar-refractivity contribution in [2.75, 3.05) is 20.1 Å². The summed E-state index contributed by atoms with van der Waals surface area (Å²) >= 11 is 0. The number of likely N-dealkylation sites (N-methyl/N-ethyl adjacent to an activating group) is 1. The molecular formula is C15H29N3O. The molecule has 1 amide bonds. The van der Waals surface area contributed by atoms with Gasteiger partial charge in [-0.15, -0.1) is 0 Å². The second kappa shape index (κ2) is 5.80. The van der Waals surface area contributed by atoms with Gasteiger partial charge in [0.05, 0.1) is 0 Å². The first kappa shape index (κ1) is 14.8. The van der Waals surface area contributed by atoms with Crippen molar-refractivity contribution >= 4 is 5.91 Å². The van der Waals surface area contributed by atoms with Crippen LogP contribution in [-0.2, 0) is 4.79 Å². The van der Waals surface area contributed by atoms with E-state index in [0.717, 1.165) is 6.54 Å². The lowest BCUT2D eigenvalue weighted by Crippen LogP contribution is -2.69. The van der Waals surface area contributed by atoms with Crippen LogP contribution in [0, 0.1) is 0 Å². The average molecular weight is 267 g/mol. The fourth-order valence-electron chi connectivity index (χ4n) is 4.03. The molecule has 1 unspecified atom stereocenters. The number of nitrogens with zero attached hydrogens (tertiary/aromatic N) is 2. The molecule has 0 aromatic heterocycles. The molecule has 0 aromatic rings. The maximum atomic E-state index is 12.4. The molecule has 1 atom stereocenters. The SMILES string of the molecule is CN1CC(C)(C)N(C2CCCCCC2)C(CN)C1=O. The Morgan fingerprint density at radius 2 is 1.79 bits per heavy atom. The monoisotopic (exact) mass is 267 g/mol. The summed E-state index contributed by atoms with van der Waals surface area (Å²) in [6.45, 7) is 5.74. The Bertz CT molecular complexity index is 321. The van der Waals surface area contributed by atoms with Gasteiger partial charge in [-0.1, -0.05) is 25.7 Å². The minimum atomic E-state index is -0.128. The topological polar surface area (TPSA) is 49.6 Å². The van der Waals surface area contributed by atoms with Crippen molar-refractivity contribution in [3.8, 4) is 0 Å². The van der Waals surface area contributed by atoms with Crippen molar-refractivity contribution < 1.29 is 4.79 Å². The second-order valence-electron chi connectivity index (χ2n) is 6.81. The van der Waals surface area contributed by atoms with Gasteiger partial charge in [0.1, 0.15) is 6.04 Å². The van der Waals surface area contributed by atoms with Crippen LogP contribution in [0.4, 0.5) is 0 Å². The van der Waals surface area contributed by atoms with Crippen molar-refractivity contribution in [1.29, 1.82) is 0 Å². The van der Waals surface area contributed by atoms with Gasteiger partial charge < -0.3 is 10.6 Å². The van der Waals surface area contributed by atoms with Crippen molar-refractivity contribution in [2.24, 2.45) is 5.73 Å². The molecular weight excluding hydrogens is 238 g/mol. The number of carbonyl (C=O) groups is 1. The van der Waals surface area contributed by atoms with Gasteiger partial charge in [0.25, 0.3) is 0 Å². The largest absolute Gasteiger partial charge is 0.343 e. The quantitative estimate of drug-likeness (QED) is 0.773. The molecule has 4 nitrogen and oxygen atoms in total. The number of rotatable bonds is 2. The lowest BCUT2D eigenvalue weighted by atomic mass is 9.89. The summed E-state index contributed by atoms with van der Waals surface area (Å²) in [5.74, 6) is 0.200. The molecule has 0 radical (unpaired) electrons. The Morgan fingerprint density at radius 3 is 2.32 bits per heavy atom. The fourth-order valence-corrected chi connectivity index (χ4v) is 4.03. The van der Waals surface area contributed by atoms with Crippen LogP contribution >= 0.6 is 0 Å². The molecule has 0 aromatic carbocycles. The first-order chi connectivity index (χ1) is 8.97. The predicted octanol–water partition coefficient (Wildman–Crippen LogP) is 1.59. The van der Waals surface area contributed by atoms with Crippen molar-refractivity contribution in [3.63, 3.8) is 0 Å². The fraction of sp³-hybridized carbons (Fsp3) is 0.933. The molecule has 1 saturated heterocycles. The Kier molecular flexibility index (Phi) is 4.51. The van der Waals surface area contributed by atoms with Crippen LogP contribution in [0.15, 0.2) is 0 Å². The van der Waals surface area contributed by atoms with Crippen molar-refractivity contribution in [3.05, 3.63) is 0 Å². The maximum Gasteiger partial charge on any atom is 0.241 e. The molecule has 1 aliphatic carbocycles. The van der Waals surface area contributed by atoms with Crippen LogP contribution in [0.5, 0.6) is 0 Å². The smallest absolute Gasteiger partial charge is 0.241 e. The second-order valence-corrected chi connectivity index (χ2v) is 6.81. The van der Waals surface area contributed by atoms with E-state index >= 15 is 0 Å². The summed E-state index contributed by atoms with van der Waals surface area (Å²) in [7, 11) is 1.90. The zero-order valence-electron chi connectivity index (χ0n) is 12.7. The van der Waals surface area contributed by atoms with Gasteiger partial charge in [-0.2, -0.15) is 0 Å². The average Bonchev–Trinajstić information content (AvgIpc) is 2.61. The minimum absolute atomic E-state index is 0.0295. The highest BCUT2D eigenvalue weighted by atomic mass is 16.2. The van der Waals surface area contributed by atoms with E-state index in [0.29, 0.717) is 12.6 Å². The highest BCUT2D eigenvalue weighted by molar-refractivity contribution is 5.83. The number of amides is 1. The van der Waals surface area contributed by atoms with Gasteiger partial charge in [-0.3, -0.25) is 9.69 Å². The summed E-state index contributed by atoms with van der Waals surface area (Å²) in [5.41, 5.74) is 5.95. The Balaban J connectivity index is 2.24. The lowest BCUT2D eigenvalue weighted by Gasteiger charge is -2.53. The summed E-state index contributed by atoms with van der Waals surface area (Å²) in [6.07, 6.45) is 7.70. The summed E-state index contributed by atoms with van der Waals surface area (Å²) < 4.78 is 0. The van der Waals surface area contributed by atoms with Gasteiger partial charge in [0.2, 0.25) is 5.91 Å². The third-order valence-electron chi connectivity index (χ3n) is 4.76. The van der Waals surface area contributed by atoms with Crippen molar-refractivity contribution in [2.45, 2.75) is 70.0 Å². The van der Waals surface area contributed by atoms with E-state index in [1.165, 1.54) is 38.5 Å². The highest BCUT2D eigenvalue weighted by Crippen LogP contribution is 2.33. The number of hydrogen-bond acceptors (Lipinski definition) is 3. The minimum Gasteiger partial charge on any atom is -0.343 e. The van der Waals surface area contributed by atoms with E-state index in [2.05, 4.69) is 18.7 Å². The van der Waals surface area contributed by atoms with Gasteiger partial charge in [-0.05, 0) is 26.7 Å². The van der Waals surface area contributed by atoms with Crippen LogP contribution < -0.4 is 5.73 Å². The normalized spacial score (nSPS) is 30.4. The first-order valence-electron chi connectivity index (χ1n) is 7.71. The summed E-state index contributed by atoms with van der Waals surface area (Å²) in [4.78, 5) is 16.7. The third kappa shape index (κ3) is 2.95. The Hall–Kier alpha value is -0.610. The van der Waals surface area contributed by atoms with Gasteiger partial charge in [0.15, 0.2) is 0 Å². The maximum absolute atomic E-state index is 12.4. The summed E-state index contributed by atoms with van der Waals surface area (Å²) in [5, 5.41) is 0. The zero-order valence-corrected chi connectivity index (χ0v) is 12.7. The highest BCUT2D eigenvalue weighted by Gasteiger charge is 2.46. The molecule has 1 heterocycles. The van der Waals surface area contributed by atoms with E-state index in [1.54, 1.807) is 0 Å². The van der Waals surface area contributed by atoms with Gasteiger partial charge >= 0.3 is 0 Å². The zero-order chi connectivity index (χ0) is 14.0. The van der Waals surface area contributed by atoms with Gasteiger partial charge in [-0.25, -0.2) is 0 Å². The number of piperazine rings is 1. The van der Waals surface area contributed by atoms with E-state index < -0.39 is 0 Å². The van der Waals surface area contributed by atoms with E-state index in [-0.39, 0.29) is 17.5 Å². The van der Waals surface area contributed by atoms with Crippen LogP contribution in [0.1, 0.15) is 52.4 Å². The van der Waals surface area contributed by atoms with E-state index in [9.17, 15) is 4.79 Å². The van der Waals surface area contributed by atoms with Crippen molar-refractivity contribution in [1.82, 2.24) is 9.80 Å². The standard InChI is InChI=1S/C15H29N3O/c1-15(2)11-17(3)14(19)13(10-16)18(15)12-8-6-4-5-7-9-12/h12-13H,4-11,16H2,1-3H3. The molecule has 1 aliphatic heterocycles. The number of nitrogens with two attached hydrogens (primary N) is 1. The molecule has 2 fully saturated rings. The molecule has 2 N–H and O–H groups in total. The molecule has 19 heavy (non-hydrogen) atoms. The first-order valence-corrected chi connectivity index (χ1v) is 7.71.